The third-order valence-corrected chi connectivity index (χ3v) is 2.96. The van der Waals surface area contributed by atoms with Gasteiger partial charge in [-0.25, -0.2) is 4.39 Å². The van der Waals surface area contributed by atoms with Crippen molar-refractivity contribution in [2.24, 2.45) is 0 Å². The quantitative estimate of drug-likeness (QED) is 0.896. The molecule has 0 saturated heterocycles. The molecular formula is C12H9BrFN3O. The Kier molecular flexibility index (Phi) is 3.57. The van der Waals surface area contributed by atoms with Crippen molar-refractivity contribution in [3.63, 3.8) is 0 Å². The third-order valence-electron chi connectivity index (χ3n) is 2.30. The van der Waals surface area contributed by atoms with Crippen molar-refractivity contribution < 1.29 is 9.18 Å². The summed E-state index contributed by atoms with van der Waals surface area (Å²) in [5.41, 5.74) is 6.21. The molecule has 0 saturated carbocycles. The zero-order valence-electron chi connectivity index (χ0n) is 9.15. The number of rotatable bonds is 2. The number of pyridine rings is 1. The van der Waals surface area contributed by atoms with Crippen molar-refractivity contribution >= 4 is 33.2 Å². The fourth-order valence-electron chi connectivity index (χ4n) is 1.39. The maximum atomic E-state index is 13.5. The average Bonchev–Trinajstić information content (AvgIpc) is 2.34. The van der Waals surface area contributed by atoms with Gasteiger partial charge in [-0.1, -0.05) is 6.07 Å². The first-order valence-corrected chi connectivity index (χ1v) is 5.83. The van der Waals surface area contributed by atoms with Crippen LogP contribution in [0, 0.1) is 5.82 Å². The smallest absolute Gasteiger partial charge is 0.259 e. The number of hydrogen-bond acceptors (Lipinski definition) is 3. The molecule has 0 radical (unpaired) electrons. The molecule has 0 fully saturated rings. The molecule has 0 aliphatic carbocycles. The summed E-state index contributed by atoms with van der Waals surface area (Å²) >= 11 is 3.17. The van der Waals surface area contributed by atoms with Crippen LogP contribution in [-0.2, 0) is 0 Å². The van der Waals surface area contributed by atoms with E-state index in [1.54, 1.807) is 6.07 Å². The van der Waals surface area contributed by atoms with Crippen molar-refractivity contribution in [1.82, 2.24) is 4.98 Å². The first-order chi connectivity index (χ1) is 8.59. The number of amides is 1. The van der Waals surface area contributed by atoms with E-state index in [4.69, 9.17) is 5.73 Å². The second-order valence-electron chi connectivity index (χ2n) is 3.51. The summed E-state index contributed by atoms with van der Waals surface area (Å²) in [7, 11) is 0. The second-order valence-corrected chi connectivity index (χ2v) is 4.37. The molecule has 18 heavy (non-hydrogen) atoms. The molecule has 1 aromatic carbocycles. The Balaban J connectivity index is 2.30. The largest absolute Gasteiger partial charge is 0.398 e. The van der Waals surface area contributed by atoms with Crippen LogP contribution in [0.3, 0.4) is 0 Å². The highest BCUT2D eigenvalue weighted by atomic mass is 79.9. The molecule has 0 aliphatic rings. The summed E-state index contributed by atoms with van der Waals surface area (Å²) in [5, 5.41) is 2.45. The molecule has 3 N–H and O–H groups in total. The highest BCUT2D eigenvalue weighted by Gasteiger charge is 2.14. The zero-order chi connectivity index (χ0) is 13.1. The van der Waals surface area contributed by atoms with Gasteiger partial charge in [0.2, 0.25) is 0 Å². The molecule has 0 aliphatic heterocycles. The van der Waals surface area contributed by atoms with Crippen LogP contribution < -0.4 is 11.1 Å². The Bertz CT molecular complexity index is 583. The molecule has 0 atom stereocenters. The number of halogens is 2. The standard InChI is InChI=1S/C12H9BrFN3O/c13-8-2-1-3-9(14)11(8)17-12(18)7-6-16-5-4-10(7)15/h1-6H,(H2,15,16)(H,17,18). The molecule has 2 rings (SSSR count). The lowest BCUT2D eigenvalue weighted by Gasteiger charge is -2.09. The van der Waals surface area contributed by atoms with Gasteiger partial charge in [0, 0.05) is 22.6 Å². The molecule has 0 spiro atoms. The van der Waals surface area contributed by atoms with Crippen molar-refractivity contribution in [2.75, 3.05) is 11.1 Å². The van der Waals surface area contributed by atoms with E-state index >= 15 is 0 Å². The van der Waals surface area contributed by atoms with Crippen LogP contribution in [0.25, 0.3) is 0 Å². The topological polar surface area (TPSA) is 68.0 Å². The van der Waals surface area contributed by atoms with Gasteiger partial charge in [-0.2, -0.15) is 0 Å². The number of carbonyl (C=O) groups excluding carboxylic acids is 1. The van der Waals surface area contributed by atoms with Gasteiger partial charge in [0.1, 0.15) is 5.82 Å². The Morgan fingerprint density at radius 3 is 2.83 bits per heavy atom. The highest BCUT2D eigenvalue weighted by molar-refractivity contribution is 9.10. The number of hydrogen-bond donors (Lipinski definition) is 2. The lowest BCUT2D eigenvalue weighted by molar-refractivity contribution is 0.102. The highest BCUT2D eigenvalue weighted by Crippen LogP contribution is 2.26. The molecule has 6 heteroatoms. The molecule has 1 aromatic heterocycles. The zero-order valence-corrected chi connectivity index (χ0v) is 10.7. The molecule has 4 nitrogen and oxygen atoms in total. The van der Waals surface area contributed by atoms with Gasteiger partial charge in [0.05, 0.1) is 11.3 Å². The second kappa shape index (κ2) is 5.14. The predicted octanol–water partition coefficient (Wildman–Crippen LogP) is 2.82. The van der Waals surface area contributed by atoms with Crippen molar-refractivity contribution in [1.29, 1.82) is 0 Å². The van der Waals surface area contributed by atoms with Gasteiger partial charge in [0.15, 0.2) is 0 Å². The van der Waals surface area contributed by atoms with Gasteiger partial charge >= 0.3 is 0 Å². The minimum absolute atomic E-state index is 0.0748. The van der Waals surface area contributed by atoms with Gasteiger partial charge in [0.25, 0.3) is 5.91 Å². The number of benzene rings is 1. The van der Waals surface area contributed by atoms with Crippen LogP contribution in [0.5, 0.6) is 0 Å². The number of nitrogen functional groups attached to an aromatic ring is 1. The number of anilines is 2. The summed E-state index contributed by atoms with van der Waals surface area (Å²) in [6.07, 6.45) is 2.81. The molecule has 0 unspecified atom stereocenters. The molecule has 92 valence electrons. The van der Waals surface area contributed by atoms with Gasteiger partial charge in [-0.3, -0.25) is 9.78 Å². The number of para-hydroxylation sites is 1. The first-order valence-electron chi connectivity index (χ1n) is 5.04. The summed E-state index contributed by atoms with van der Waals surface area (Å²) in [4.78, 5) is 15.7. The van der Waals surface area contributed by atoms with Crippen LogP contribution in [0.1, 0.15) is 10.4 Å². The molecule has 0 bridgehead atoms. The van der Waals surface area contributed by atoms with Crippen LogP contribution in [0.2, 0.25) is 0 Å². The first kappa shape index (κ1) is 12.5. The Labute approximate surface area is 111 Å². The number of nitrogens with two attached hydrogens (primary N) is 1. The van der Waals surface area contributed by atoms with E-state index in [0.717, 1.165) is 0 Å². The van der Waals surface area contributed by atoms with Gasteiger partial charge in [-0.15, -0.1) is 0 Å². The maximum Gasteiger partial charge on any atom is 0.259 e. The molecular weight excluding hydrogens is 301 g/mol. The normalized spacial score (nSPS) is 10.1. The van der Waals surface area contributed by atoms with Crippen molar-refractivity contribution in [2.45, 2.75) is 0 Å². The Hall–Kier alpha value is -1.95. The summed E-state index contributed by atoms with van der Waals surface area (Å²) in [6.45, 7) is 0. The molecule has 1 amide bonds. The lowest BCUT2D eigenvalue weighted by Crippen LogP contribution is -2.15. The van der Waals surface area contributed by atoms with Crippen LogP contribution in [0.4, 0.5) is 15.8 Å². The van der Waals surface area contributed by atoms with E-state index in [1.165, 1.54) is 30.6 Å². The Morgan fingerprint density at radius 2 is 2.17 bits per heavy atom. The van der Waals surface area contributed by atoms with E-state index in [2.05, 4.69) is 26.2 Å². The molecule has 2 aromatic rings. The van der Waals surface area contributed by atoms with Crippen LogP contribution >= 0.6 is 15.9 Å². The molecule has 1 heterocycles. The van der Waals surface area contributed by atoms with Crippen LogP contribution in [-0.4, -0.2) is 10.9 Å². The maximum absolute atomic E-state index is 13.5. The summed E-state index contributed by atoms with van der Waals surface area (Å²) < 4.78 is 14.0. The summed E-state index contributed by atoms with van der Waals surface area (Å²) in [6, 6.07) is 5.93. The average molecular weight is 310 g/mol. The fourth-order valence-corrected chi connectivity index (χ4v) is 1.83. The van der Waals surface area contributed by atoms with Gasteiger partial charge in [-0.05, 0) is 34.1 Å². The SMILES string of the molecule is Nc1ccncc1C(=O)Nc1c(F)cccc1Br. The van der Waals surface area contributed by atoms with E-state index in [1.807, 2.05) is 0 Å². The fraction of sp³-hybridized carbons (Fsp3) is 0. The third kappa shape index (κ3) is 2.48. The number of aromatic nitrogens is 1. The number of nitrogens with one attached hydrogen (secondary N) is 1. The van der Waals surface area contributed by atoms with E-state index in [-0.39, 0.29) is 16.9 Å². The van der Waals surface area contributed by atoms with Crippen LogP contribution in [0.15, 0.2) is 41.1 Å². The summed E-state index contributed by atoms with van der Waals surface area (Å²) in [5.74, 6) is -1.04. The Morgan fingerprint density at radius 1 is 1.39 bits per heavy atom. The van der Waals surface area contributed by atoms with E-state index in [0.29, 0.717) is 4.47 Å². The number of nitrogens with zero attached hydrogens (tertiary/aromatic N) is 1. The minimum Gasteiger partial charge on any atom is -0.398 e. The predicted molar refractivity (Wildman–Crippen MR) is 70.7 cm³/mol. The monoisotopic (exact) mass is 309 g/mol. The van der Waals surface area contributed by atoms with E-state index < -0.39 is 11.7 Å². The van der Waals surface area contributed by atoms with E-state index in [9.17, 15) is 9.18 Å². The van der Waals surface area contributed by atoms with Crippen molar-refractivity contribution in [3.05, 3.63) is 52.5 Å². The minimum atomic E-state index is -0.528. The number of carbonyl (C=O) groups is 1. The van der Waals surface area contributed by atoms with Crippen molar-refractivity contribution in [3.8, 4) is 0 Å². The van der Waals surface area contributed by atoms with Gasteiger partial charge < -0.3 is 11.1 Å². The lowest BCUT2D eigenvalue weighted by atomic mass is 10.2.